The van der Waals surface area contributed by atoms with Gasteiger partial charge in [-0.05, 0) is 141 Å². The quantitative estimate of drug-likeness (QED) is 0.0261. The van der Waals surface area contributed by atoms with E-state index in [-0.39, 0.29) is 37.5 Å². The molecule has 0 aliphatic rings. The topological polar surface area (TPSA) is 78.9 Å². The normalized spacial score (nSPS) is 13.3. The molecule has 0 aromatic heterocycles. The minimum atomic E-state index is -0.825. The van der Waals surface area contributed by atoms with Gasteiger partial charge >= 0.3 is 17.9 Å². The molecule has 0 heterocycles. The summed E-state index contributed by atoms with van der Waals surface area (Å²) >= 11 is 0. The number of esters is 3. The van der Waals surface area contributed by atoms with Gasteiger partial charge in [0.05, 0.1) is 0 Å². The Morgan fingerprint density at radius 1 is 0.266 bits per heavy atom. The second kappa shape index (κ2) is 65.3. The fourth-order valence-corrected chi connectivity index (χ4v) is 8.02. The molecule has 0 aliphatic heterocycles. The molecule has 0 N–H and O–H groups in total. The van der Waals surface area contributed by atoms with Gasteiger partial charge in [-0.2, -0.15) is 0 Å². The largest absolute Gasteiger partial charge is 0.462 e. The number of carbonyl (C=O) groups excluding carboxylic acids is 3. The Morgan fingerprint density at radius 3 is 0.810 bits per heavy atom. The summed E-state index contributed by atoms with van der Waals surface area (Å²) in [5, 5.41) is 0. The van der Waals surface area contributed by atoms with Crippen LogP contribution in [0.4, 0.5) is 0 Å². The first-order valence-electron chi connectivity index (χ1n) is 31.6. The van der Waals surface area contributed by atoms with E-state index in [2.05, 4.69) is 191 Å². The standard InChI is InChI=1S/C73H114O6/c1-4-7-10-13-16-19-22-25-27-29-30-31-32-33-34-35-36-37-38-39-40-41-42-44-45-48-51-54-57-60-63-66-72(75)78-69-70(68-77-71(74)65-62-59-56-53-50-47-24-21-18-15-12-9-6-3)79-73(76)67-64-61-58-55-52-49-46-43-28-26-23-20-17-14-11-8-5-2/h7-8,10-12,15-17,19-21,24-28,30-31,33-34,36-37,39-40,46,49,55,58,70H,4-6,9,13-14,18,22-23,29,32,35,38,41-45,47-48,50-54,56-57,59-69H2,1-3H3/b10-7-,11-8-,15-12-,19-16-,20-17-,24-21-,27-25-,28-26-,31-30-,34-33-,37-36-,40-39-,49-46-,58-55-. The van der Waals surface area contributed by atoms with E-state index in [0.29, 0.717) is 19.3 Å². The summed E-state index contributed by atoms with van der Waals surface area (Å²) in [4.78, 5) is 38.2. The molecule has 1 atom stereocenters. The zero-order valence-corrected chi connectivity index (χ0v) is 50.6. The van der Waals surface area contributed by atoms with E-state index in [1.807, 2.05) is 0 Å². The van der Waals surface area contributed by atoms with Gasteiger partial charge in [0.1, 0.15) is 13.2 Å². The fourth-order valence-electron chi connectivity index (χ4n) is 8.02. The monoisotopic (exact) mass is 1090 g/mol. The maximum Gasteiger partial charge on any atom is 0.306 e. The summed E-state index contributed by atoms with van der Waals surface area (Å²) in [5.41, 5.74) is 0. The van der Waals surface area contributed by atoms with Crippen LogP contribution in [-0.4, -0.2) is 37.2 Å². The van der Waals surface area contributed by atoms with Crippen molar-refractivity contribution in [1.82, 2.24) is 0 Å². The lowest BCUT2D eigenvalue weighted by molar-refractivity contribution is -0.167. The van der Waals surface area contributed by atoms with E-state index in [4.69, 9.17) is 14.2 Å². The van der Waals surface area contributed by atoms with Crippen molar-refractivity contribution in [1.29, 1.82) is 0 Å². The highest BCUT2D eigenvalue weighted by Crippen LogP contribution is 2.14. The van der Waals surface area contributed by atoms with Crippen LogP contribution in [0.2, 0.25) is 0 Å². The van der Waals surface area contributed by atoms with Crippen molar-refractivity contribution >= 4 is 17.9 Å². The Morgan fingerprint density at radius 2 is 0.506 bits per heavy atom. The second-order valence-corrected chi connectivity index (χ2v) is 20.2. The van der Waals surface area contributed by atoms with E-state index < -0.39 is 6.10 Å². The molecule has 0 aromatic rings. The van der Waals surface area contributed by atoms with Crippen molar-refractivity contribution < 1.29 is 28.6 Å². The van der Waals surface area contributed by atoms with E-state index in [1.54, 1.807) is 0 Å². The van der Waals surface area contributed by atoms with Crippen molar-refractivity contribution in [2.24, 2.45) is 0 Å². The lowest BCUT2D eigenvalue weighted by atomic mass is 10.1. The maximum absolute atomic E-state index is 12.9. The van der Waals surface area contributed by atoms with Crippen molar-refractivity contribution in [3.63, 3.8) is 0 Å². The third-order valence-corrected chi connectivity index (χ3v) is 12.7. The van der Waals surface area contributed by atoms with E-state index in [9.17, 15) is 14.4 Å². The Balaban J connectivity index is 4.38. The third-order valence-electron chi connectivity index (χ3n) is 12.7. The predicted octanol–water partition coefficient (Wildman–Crippen LogP) is 21.9. The molecule has 0 saturated carbocycles. The van der Waals surface area contributed by atoms with Crippen molar-refractivity contribution in [2.75, 3.05) is 13.2 Å². The van der Waals surface area contributed by atoms with E-state index in [1.165, 1.54) is 44.9 Å². The summed E-state index contributed by atoms with van der Waals surface area (Å²) in [6.45, 7) is 6.27. The molecule has 6 heteroatoms. The van der Waals surface area contributed by atoms with Gasteiger partial charge in [0.25, 0.3) is 0 Å². The van der Waals surface area contributed by atoms with Crippen molar-refractivity contribution in [3.8, 4) is 0 Å². The van der Waals surface area contributed by atoms with Gasteiger partial charge < -0.3 is 14.2 Å². The molecule has 0 fully saturated rings. The van der Waals surface area contributed by atoms with E-state index >= 15 is 0 Å². The van der Waals surface area contributed by atoms with Gasteiger partial charge in [-0.15, -0.1) is 0 Å². The lowest BCUT2D eigenvalue weighted by Gasteiger charge is -2.18. The molecular formula is C73H114O6. The number of hydrogen-bond donors (Lipinski definition) is 0. The first-order valence-corrected chi connectivity index (χ1v) is 31.6. The molecule has 0 spiro atoms. The van der Waals surface area contributed by atoms with Gasteiger partial charge in [-0.1, -0.05) is 262 Å². The van der Waals surface area contributed by atoms with Crippen LogP contribution in [0.5, 0.6) is 0 Å². The van der Waals surface area contributed by atoms with Gasteiger partial charge in [0.2, 0.25) is 0 Å². The molecular weight excluding hydrogens is 973 g/mol. The number of unbranched alkanes of at least 4 members (excludes halogenated alkanes) is 16. The number of hydrogen-bond acceptors (Lipinski definition) is 6. The minimum Gasteiger partial charge on any atom is -0.462 e. The van der Waals surface area contributed by atoms with Crippen LogP contribution in [0.15, 0.2) is 170 Å². The van der Waals surface area contributed by atoms with Crippen LogP contribution < -0.4 is 0 Å². The van der Waals surface area contributed by atoms with Crippen LogP contribution in [0, 0.1) is 0 Å². The van der Waals surface area contributed by atoms with Crippen LogP contribution in [0.3, 0.4) is 0 Å². The first kappa shape index (κ1) is 73.8. The maximum atomic E-state index is 12.9. The molecule has 1 unspecified atom stereocenters. The van der Waals surface area contributed by atoms with Gasteiger partial charge in [-0.25, -0.2) is 0 Å². The summed E-state index contributed by atoms with van der Waals surface area (Å²) in [6.07, 6.45) is 96.5. The average molecular weight is 1090 g/mol. The van der Waals surface area contributed by atoms with E-state index in [0.717, 1.165) is 161 Å². The summed E-state index contributed by atoms with van der Waals surface area (Å²) in [7, 11) is 0. The molecule has 0 aromatic carbocycles. The Bertz CT molecular complexity index is 1820. The first-order chi connectivity index (χ1) is 39.0. The Labute approximate surface area is 485 Å². The Kier molecular flexibility index (Phi) is 61.0. The van der Waals surface area contributed by atoms with Gasteiger partial charge in [0, 0.05) is 19.3 Å². The summed E-state index contributed by atoms with van der Waals surface area (Å²) in [6, 6.07) is 0. The number of allylic oxidation sites excluding steroid dienone is 28. The minimum absolute atomic E-state index is 0.116. The second-order valence-electron chi connectivity index (χ2n) is 20.2. The highest BCUT2D eigenvalue weighted by molar-refractivity contribution is 5.71. The highest BCUT2D eigenvalue weighted by atomic mass is 16.6. The van der Waals surface area contributed by atoms with Gasteiger partial charge in [0.15, 0.2) is 6.10 Å². The fraction of sp³-hybridized carbons (Fsp3) is 0.575. The predicted molar refractivity (Wildman–Crippen MR) is 343 cm³/mol. The van der Waals surface area contributed by atoms with Crippen LogP contribution in [0.1, 0.15) is 252 Å². The smallest absolute Gasteiger partial charge is 0.306 e. The summed E-state index contributed by atoms with van der Waals surface area (Å²) < 4.78 is 16.8. The molecule has 0 rings (SSSR count). The zero-order valence-electron chi connectivity index (χ0n) is 50.6. The van der Waals surface area contributed by atoms with Crippen molar-refractivity contribution in [2.45, 2.75) is 258 Å². The SMILES string of the molecule is CC/C=C\C/C=C\C/C=C\C/C=C\C/C=C\C/C=C\C/C=C\CCCCCCCCCCCC(=O)OCC(COC(=O)CCCCCCC/C=C\C/C=C\CCC)OC(=O)CCC/C=C\C/C=C\C/C=C\C/C=C\C/C=C\CC. The molecule has 442 valence electrons. The molecule has 0 aliphatic carbocycles. The van der Waals surface area contributed by atoms with Crippen LogP contribution >= 0.6 is 0 Å². The molecule has 0 radical (unpaired) electrons. The molecule has 0 bridgehead atoms. The number of carbonyl (C=O) groups is 3. The van der Waals surface area contributed by atoms with Gasteiger partial charge in [-0.3, -0.25) is 14.4 Å². The average Bonchev–Trinajstić information content (AvgIpc) is 3.45. The third kappa shape index (κ3) is 63.5. The summed E-state index contributed by atoms with van der Waals surface area (Å²) in [5.74, 6) is -1.00. The zero-order chi connectivity index (χ0) is 57.1. The molecule has 0 amide bonds. The molecule has 79 heavy (non-hydrogen) atoms. The van der Waals surface area contributed by atoms with Crippen LogP contribution in [-0.2, 0) is 28.6 Å². The Hall–Kier alpha value is -5.23. The number of ether oxygens (including phenoxy) is 3. The molecule has 6 nitrogen and oxygen atoms in total. The highest BCUT2D eigenvalue weighted by Gasteiger charge is 2.19. The van der Waals surface area contributed by atoms with Crippen LogP contribution in [0.25, 0.3) is 0 Å². The number of rotatable bonds is 55. The lowest BCUT2D eigenvalue weighted by Crippen LogP contribution is -2.30. The molecule has 0 saturated heterocycles. The van der Waals surface area contributed by atoms with Crippen molar-refractivity contribution in [3.05, 3.63) is 170 Å².